The van der Waals surface area contributed by atoms with Crippen molar-refractivity contribution in [2.24, 2.45) is 0 Å². The molecule has 29 heavy (non-hydrogen) atoms. The van der Waals surface area contributed by atoms with Gasteiger partial charge in [-0.25, -0.2) is 4.79 Å². The summed E-state index contributed by atoms with van der Waals surface area (Å²) in [7, 11) is 1.24. The van der Waals surface area contributed by atoms with Gasteiger partial charge in [0.1, 0.15) is 11.4 Å². The van der Waals surface area contributed by atoms with Crippen molar-refractivity contribution in [3.05, 3.63) is 44.5 Å². The number of rotatable bonds is 4. The van der Waals surface area contributed by atoms with E-state index in [1.807, 2.05) is 0 Å². The first kappa shape index (κ1) is 21.4. The number of fused-ring (bicyclic) bond motifs is 1. The summed E-state index contributed by atoms with van der Waals surface area (Å²) < 4.78 is 44.9. The Kier molecular flexibility index (Phi) is 5.79. The zero-order valence-corrected chi connectivity index (χ0v) is 17.2. The van der Waals surface area contributed by atoms with Crippen LogP contribution in [0.4, 0.5) is 18.9 Å². The third-order valence-electron chi connectivity index (χ3n) is 3.98. The average Bonchev–Trinajstić information content (AvgIpc) is 3.12. The lowest BCUT2D eigenvalue weighted by molar-refractivity contribution is -0.141. The Hall–Kier alpha value is -2.30. The molecule has 2 aromatic heterocycles. The molecule has 2 heterocycles. The van der Waals surface area contributed by atoms with E-state index in [0.717, 1.165) is 16.0 Å². The first-order valence-electron chi connectivity index (χ1n) is 7.93. The monoisotopic (exact) mass is 465 g/mol. The van der Waals surface area contributed by atoms with Crippen molar-refractivity contribution in [2.75, 3.05) is 12.4 Å². The first-order chi connectivity index (χ1) is 13.5. The number of anilines is 1. The Balaban J connectivity index is 1.81. The summed E-state index contributed by atoms with van der Waals surface area (Å²) in [6.45, 7) is 0.879. The summed E-state index contributed by atoms with van der Waals surface area (Å²) in [6.07, 6.45) is -4.72. The Morgan fingerprint density at radius 1 is 1.28 bits per heavy atom. The van der Waals surface area contributed by atoms with Gasteiger partial charge < -0.3 is 10.1 Å². The molecule has 0 radical (unpaired) electrons. The fourth-order valence-electron chi connectivity index (χ4n) is 2.56. The first-order valence-corrected chi connectivity index (χ1v) is 9.50. The van der Waals surface area contributed by atoms with Crippen LogP contribution in [0.1, 0.15) is 21.1 Å². The van der Waals surface area contributed by atoms with Gasteiger partial charge in [-0.2, -0.15) is 18.3 Å². The maximum atomic E-state index is 12.9. The zero-order chi connectivity index (χ0) is 21.5. The van der Waals surface area contributed by atoms with E-state index in [4.69, 9.17) is 23.2 Å². The molecule has 1 amide bonds. The van der Waals surface area contributed by atoms with E-state index < -0.39 is 35.3 Å². The lowest BCUT2D eigenvalue weighted by Crippen LogP contribution is -2.20. The lowest BCUT2D eigenvalue weighted by Gasteiger charge is -2.07. The number of carbonyl (C=O) groups is 2. The molecule has 0 fully saturated rings. The number of nitrogens with one attached hydrogen (secondary N) is 1. The van der Waals surface area contributed by atoms with Gasteiger partial charge in [-0.05, 0) is 25.1 Å². The van der Waals surface area contributed by atoms with Crippen LogP contribution in [-0.2, 0) is 22.3 Å². The van der Waals surface area contributed by atoms with Gasteiger partial charge in [0.25, 0.3) is 0 Å². The van der Waals surface area contributed by atoms with Crippen LogP contribution in [0.3, 0.4) is 0 Å². The van der Waals surface area contributed by atoms with Gasteiger partial charge in [0.05, 0.1) is 22.8 Å². The van der Waals surface area contributed by atoms with Crippen LogP contribution < -0.4 is 5.32 Å². The number of carbonyl (C=O) groups excluding carboxylic acids is 2. The largest absolute Gasteiger partial charge is 0.465 e. The third kappa shape index (κ3) is 4.19. The standard InChI is InChI=1S/C17H12Cl2F3N3O3S/c1-7-12(18)15(17(20,21)22)24-25(7)6-11(26)23-8-3-4-9-10(5-8)29-14(13(9)19)16(27)28-2/h3-5H,6H2,1-2H3,(H,23,26). The van der Waals surface area contributed by atoms with Crippen LogP contribution in [0.5, 0.6) is 0 Å². The van der Waals surface area contributed by atoms with Crippen LogP contribution in [-0.4, -0.2) is 28.8 Å². The van der Waals surface area contributed by atoms with E-state index in [0.29, 0.717) is 15.8 Å². The van der Waals surface area contributed by atoms with Crippen LogP contribution in [0, 0.1) is 6.92 Å². The SMILES string of the molecule is COC(=O)c1sc2cc(NC(=O)Cn3nc(C(F)(F)F)c(Cl)c3C)ccc2c1Cl. The molecule has 0 saturated carbocycles. The Morgan fingerprint density at radius 3 is 2.55 bits per heavy atom. The summed E-state index contributed by atoms with van der Waals surface area (Å²) in [5, 5.41) is 6.27. The molecule has 0 aliphatic carbocycles. The van der Waals surface area contributed by atoms with Gasteiger partial charge in [0.2, 0.25) is 5.91 Å². The molecule has 0 bridgehead atoms. The zero-order valence-electron chi connectivity index (χ0n) is 14.9. The second-order valence-corrected chi connectivity index (χ2v) is 7.71. The van der Waals surface area contributed by atoms with E-state index in [2.05, 4.69) is 15.2 Å². The molecule has 1 N–H and O–H groups in total. The number of esters is 1. The van der Waals surface area contributed by atoms with Crippen molar-refractivity contribution in [3.8, 4) is 0 Å². The normalized spacial score (nSPS) is 11.7. The van der Waals surface area contributed by atoms with E-state index >= 15 is 0 Å². The highest BCUT2D eigenvalue weighted by molar-refractivity contribution is 7.21. The molecular formula is C17H12Cl2F3N3O3S. The van der Waals surface area contributed by atoms with Crippen LogP contribution >= 0.6 is 34.5 Å². The number of thiophene rings is 1. The fourth-order valence-corrected chi connectivity index (χ4v) is 4.27. The molecule has 0 atom stereocenters. The van der Waals surface area contributed by atoms with Crippen LogP contribution in [0.2, 0.25) is 10.0 Å². The predicted molar refractivity (Wildman–Crippen MR) is 104 cm³/mol. The number of hydrogen-bond acceptors (Lipinski definition) is 5. The number of benzene rings is 1. The predicted octanol–water partition coefficient (Wildman–Crippen LogP) is 5.16. The van der Waals surface area contributed by atoms with Gasteiger partial charge in [0, 0.05) is 15.8 Å². The number of halogens is 5. The van der Waals surface area contributed by atoms with Crippen molar-refractivity contribution in [2.45, 2.75) is 19.6 Å². The summed E-state index contributed by atoms with van der Waals surface area (Å²) in [4.78, 5) is 24.2. The van der Waals surface area contributed by atoms with Crippen LogP contribution in [0.15, 0.2) is 18.2 Å². The van der Waals surface area contributed by atoms with E-state index in [1.54, 1.807) is 18.2 Å². The summed E-state index contributed by atoms with van der Waals surface area (Å²) >= 11 is 12.9. The minimum absolute atomic E-state index is 0.0253. The Morgan fingerprint density at radius 2 is 1.97 bits per heavy atom. The quantitative estimate of drug-likeness (QED) is 0.540. The van der Waals surface area contributed by atoms with Crippen molar-refractivity contribution < 1.29 is 27.5 Å². The number of amides is 1. The Labute approximate surface area is 176 Å². The number of nitrogens with zero attached hydrogens (tertiary/aromatic N) is 2. The van der Waals surface area contributed by atoms with Gasteiger partial charge >= 0.3 is 12.1 Å². The highest BCUT2D eigenvalue weighted by Crippen LogP contribution is 2.37. The Bertz CT molecular complexity index is 1120. The molecule has 0 unspecified atom stereocenters. The molecule has 0 saturated heterocycles. The highest BCUT2D eigenvalue weighted by atomic mass is 35.5. The molecule has 1 aromatic carbocycles. The molecule has 0 aliphatic heterocycles. The number of ether oxygens (including phenoxy) is 1. The average molecular weight is 466 g/mol. The molecular weight excluding hydrogens is 454 g/mol. The summed E-state index contributed by atoms with van der Waals surface area (Å²) in [5.41, 5.74) is -0.837. The van der Waals surface area contributed by atoms with Crippen molar-refractivity contribution in [1.29, 1.82) is 0 Å². The summed E-state index contributed by atoms with van der Waals surface area (Å²) in [6, 6.07) is 4.78. The maximum Gasteiger partial charge on any atom is 0.436 e. The van der Waals surface area contributed by atoms with Gasteiger partial charge in [-0.15, -0.1) is 11.3 Å². The third-order valence-corrected chi connectivity index (χ3v) is 6.07. The smallest absolute Gasteiger partial charge is 0.436 e. The molecule has 0 aliphatic rings. The van der Waals surface area contributed by atoms with Crippen molar-refractivity contribution in [1.82, 2.24) is 9.78 Å². The minimum Gasteiger partial charge on any atom is -0.465 e. The number of aromatic nitrogens is 2. The lowest BCUT2D eigenvalue weighted by atomic mass is 10.2. The van der Waals surface area contributed by atoms with E-state index in [1.165, 1.54) is 14.0 Å². The molecule has 3 rings (SSSR count). The molecule has 154 valence electrons. The second kappa shape index (κ2) is 7.85. The maximum absolute atomic E-state index is 12.9. The van der Waals surface area contributed by atoms with Crippen LogP contribution in [0.25, 0.3) is 10.1 Å². The van der Waals surface area contributed by atoms with Gasteiger partial charge in [-0.3, -0.25) is 9.48 Å². The molecule has 0 spiro atoms. The topological polar surface area (TPSA) is 73.2 Å². The number of methoxy groups -OCH3 is 1. The van der Waals surface area contributed by atoms with Gasteiger partial charge in [0.15, 0.2) is 5.69 Å². The second-order valence-electron chi connectivity index (χ2n) is 5.90. The molecule has 6 nitrogen and oxygen atoms in total. The van der Waals surface area contributed by atoms with Crippen molar-refractivity contribution >= 4 is 62.2 Å². The molecule has 3 aromatic rings. The minimum atomic E-state index is -4.72. The van der Waals surface area contributed by atoms with E-state index in [9.17, 15) is 22.8 Å². The highest BCUT2D eigenvalue weighted by Gasteiger charge is 2.38. The fraction of sp³-hybridized carbons (Fsp3) is 0.235. The van der Waals surface area contributed by atoms with E-state index in [-0.39, 0.29) is 15.6 Å². The summed E-state index contributed by atoms with van der Waals surface area (Å²) in [5.74, 6) is -1.18. The molecule has 12 heteroatoms. The van der Waals surface area contributed by atoms with Gasteiger partial charge in [-0.1, -0.05) is 23.2 Å². The van der Waals surface area contributed by atoms with Crippen molar-refractivity contribution in [3.63, 3.8) is 0 Å². The number of hydrogen-bond donors (Lipinski definition) is 1. The number of alkyl halides is 3.